The zero-order chi connectivity index (χ0) is 13.1. The minimum Gasteiger partial charge on any atom is -0.361 e. The van der Waals surface area contributed by atoms with Crippen LogP contribution in [0.15, 0.2) is 15.8 Å². The molecular weight excluding hydrogens is 351 g/mol. The van der Waals surface area contributed by atoms with Crippen molar-refractivity contribution in [1.82, 2.24) is 9.55 Å². The van der Waals surface area contributed by atoms with Crippen molar-refractivity contribution in [3.8, 4) is 0 Å². The van der Waals surface area contributed by atoms with Gasteiger partial charge >= 0.3 is 5.69 Å². The molecule has 1 heterocycles. The first kappa shape index (κ1) is 14.6. The van der Waals surface area contributed by atoms with Crippen molar-refractivity contribution in [2.45, 2.75) is 32.4 Å². The standard InChI is InChI=1S/C10H17IN2O3Si/c1-17(2,3)5-4-16-7-13-6-8(11)9(14)12-10(13)15/h6H,4-5,7H2,1-3H3,(H,12,14,15). The first-order chi connectivity index (χ1) is 7.79. The van der Waals surface area contributed by atoms with Crippen molar-refractivity contribution in [2.75, 3.05) is 6.61 Å². The SMILES string of the molecule is C[Si](C)(C)CCOCn1cc(I)c(=O)[nH]c1=O. The summed E-state index contributed by atoms with van der Waals surface area (Å²) in [6.07, 6.45) is 1.51. The van der Waals surface area contributed by atoms with Gasteiger partial charge in [0, 0.05) is 20.9 Å². The number of nitrogens with one attached hydrogen (secondary N) is 1. The number of hydrogen-bond donors (Lipinski definition) is 1. The monoisotopic (exact) mass is 368 g/mol. The van der Waals surface area contributed by atoms with E-state index in [1.807, 2.05) is 22.6 Å². The fourth-order valence-corrected chi connectivity index (χ4v) is 2.35. The van der Waals surface area contributed by atoms with Crippen LogP contribution in [0.3, 0.4) is 0 Å². The second-order valence-electron chi connectivity index (χ2n) is 5.05. The van der Waals surface area contributed by atoms with Crippen molar-refractivity contribution in [2.24, 2.45) is 0 Å². The molecule has 96 valence electrons. The molecule has 1 aromatic rings. The van der Waals surface area contributed by atoms with Gasteiger partial charge < -0.3 is 4.74 Å². The molecule has 0 radical (unpaired) electrons. The molecule has 0 bridgehead atoms. The van der Waals surface area contributed by atoms with Crippen LogP contribution in [0.4, 0.5) is 0 Å². The summed E-state index contributed by atoms with van der Waals surface area (Å²) in [5.74, 6) is 0. The van der Waals surface area contributed by atoms with E-state index in [-0.39, 0.29) is 12.3 Å². The molecule has 0 aliphatic carbocycles. The molecule has 1 rings (SSSR count). The molecule has 0 aliphatic rings. The quantitative estimate of drug-likeness (QED) is 0.486. The van der Waals surface area contributed by atoms with E-state index >= 15 is 0 Å². The van der Waals surface area contributed by atoms with E-state index in [1.165, 1.54) is 10.8 Å². The fourth-order valence-electron chi connectivity index (χ4n) is 1.12. The number of rotatable bonds is 5. The predicted octanol–water partition coefficient (Wildman–Crippen LogP) is 1.45. The number of ether oxygens (including phenoxy) is 1. The van der Waals surface area contributed by atoms with E-state index in [0.29, 0.717) is 10.2 Å². The third kappa shape index (κ3) is 5.17. The lowest BCUT2D eigenvalue weighted by Crippen LogP contribution is -2.32. The van der Waals surface area contributed by atoms with Crippen molar-refractivity contribution < 1.29 is 4.74 Å². The van der Waals surface area contributed by atoms with Gasteiger partial charge in [-0.1, -0.05) is 19.6 Å². The molecule has 0 aliphatic heterocycles. The van der Waals surface area contributed by atoms with E-state index in [4.69, 9.17) is 4.74 Å². The second-order valence-corrected chi connectivity index (χ2v) is 11.8. The largest absolute Gasteiger partial charge is 0.361 e. The molecule has 1 aromatic heterocycles. The number of halogens is 1. The van der Waals surface area contributed by atoms with Crippen LogP contribution in [0.1, 0.15) is 0 Å². The van der Waals surface area contributed by atoms with Gasteiger partial charge in [0.05, 0.1) is 3.57 Å². The maximum atomic E-state index is 11.4. The highest BCUT2D eigenvalue weighted by molar-refractivity contribution is 14.1. The molecular formula is C10H17IN2O3Si. The van der Waals surface area contributed by atoms with Crippen molar-refractivity contribution in [3.05, 3.63) is 30.6 Å². The summed E-state index contributed by atoms with van der Waals surface area (Å²) in [6.45, 7) is 7.65. The Morgan fingerprint density at radius 2 is 2.06 bits per heavy atom. The summed E-state index contributed by atoms with van der Waals surface area (Å²) in [6, 6.07) is 1.06. The highest BCUT2D eigenvalue weighted by Crippen LogP contribution is 2.07. The topological polar surface area (TPSA) is 64.1 Å². The summed E-state index contributed by atoms with van der Waals surface area (Å²) >= 11 is 1.89. The summed E-state index contributed by atoms with van der Waals surface area (Å²) in [4.78, 5) is 24.8. The van der Waals surface area contributed by atoms with E-state index < -0.39 is 13.8 Å². The Morgan fingerprint density at radius 3 is 2.65 bits per heavy atom. The predicted molar refractivity (Wildman–Crippen MR) is 78.1 cm³/mol. The Kier molecular flexibility index (Phi) is 5.14. The molecule has 0 saturated carbocycles. The highest BCUT2D eigenvalue weighted by atomic mass is 127. The number of aromatic amines is 1. The summed E-state index contributed by atoms with van der Waals surface area (Å²) in [5.41, 5.74) is -0.780. The second kappa shape index (κ2) is 5.96. The van der Waals surface area contributed by atoms with Crippen molar-refractivity contribution in [1.29, 1.82) is 0 Å². The van der Waals surface area contributed by atoms with Gasteiger partial charge in [0.25, 0.3) is 5.56 Å². The maximum absolute atomic E-state index is 11.4. The first-order valence-corrected chi connectivity index (χ1v) is 10.2. The van der Waals surface area contributed by atoms with Crippen LogP contribution in [0.25, 0.3) is 0 Å². The maximum Gasteiger partial charge on any atom is 0.330 e. The van der Waals surface area contributed by atoms with Gasteiger partial charge in [-0.15, -0.1) is 0 Å². The normalized spacial score (nSPS) is 11.8. The van der Waals surface area contributed by atoms with Crippen molar-refractivity contribution in [3.63, 3.8) is 0 Å². The zero-order valence-electron chi connectivity index (χ0n) is 10.2. The lowest BCUT2D eigenvalue weighted by atomic mass is 10.6. The lowest BCUT2D eigenvalue weighted by Gasteiger charge is -2.15. The fraction of sp³-hybridized carbons (Fsp3) is 0.600. The van der Waals surface area contributed by atoms with Crippen LogP contribution in [-0.2, 0) is 11.5 Å². The Bertz CT molecular complexity index is 490. The van der Waals surface area contributed by atoms with Crippen LogP contribution in [-0.4, -0.2) is 24.2 Å². The average Bonchev–Trinajstić information content (AvgIpc) is 2.18. The van der Waals surface area contributed by atoms with E-state index in [2.05, 4.69) is 24.6 Å². The van der Waals surface area contributed by atoms with Gasteiger partial charge in [-0.05, 0) is 28.6 Å². The average molecular weight is 368 g/mol. The van der Waals surface area contributed by atoms with Gasteiger partial charge in [0.15, 0.2) is 0 Å². The number of nitrogens with zero attached hydrogens (tertiary/aromatic N) is 1. The molecule has 7 heteroatoms. The Balaban J connectivity index is 2.56. The molecule has 0 amide bonds. The molecule has 0 atom stereocenters. The van der Waals surface area contributed by atoms with E-state index in [9.17, 15) is 9.59 Å². The number of H-pyrrole nitrogens is 1. The van der Waals surface area contributed by atoms with E-state index in [0.717, 1.165) is 6.04 Å². The minimum atomic E-state index is -1.10. The van der Waals surface area contributed by atoms with Crippen LogP contribution >= 0.6 is 22.6 Å². The molecule has 0 fully saturated rings. The van der Waals surface area contributed by atoms with Crippen LogP contribution in [0.5, 0.6) is 0 Å². The Labute approximate surface area is 114 Å². The third-order valence-corrected chi connectivity index (χ3v) is 4.67. The molecule has 1 N–H and O–H groups in total. The molecule has 0 unspecified atom stereocenters. The smallest absolute Gasteiger partial charge is 0.330 e. The molecule has 5 nitrogen and oxygen atoms in total. The Morgan fingerprint density at radius 1 is 1.41 bits per heavy atom. The van der Waals surface area contributed by atoms with Gasteiger partial charge in [-0.2, -0.15) is 0 Å². The Hall–Kier alpha value is -0.413. The summed E-state index contributed by atoms with van der Waals surface area (Å²) in [7, 11) is -1.10. The lowest BCUT2D eigenvalue weighted by molar-refractivity contribution is 0.0835. The van der Waals surface area contributed by atoms with E-state index in [1.54, 1.807) is 0 Å². The van der Waals surface area contributed by atoms with Crippen LogP contribution in [0.2, 0.25) is 25.7 Å². The third-order valence-electron chi connectivity index (χ3n) is 2.19. The molecule has 0 spiro atoms. The van der Waals surface area contributed by atoms with Gasteiger partial charge in [0.1, 0.15) is 6.73 Å². The van der Waals surface area contributed by atoms with Gasteiger partial charge in [-0.25, -0.2) is 4.79 Å². The molecule has 17 heavy (non-hydrogen) atoms. The number of hydrogen-bond acceptors (Lipinski definition) is 3. The van der Waals surface area contributed by atoms with Gasteiger partial charge in [-0.3, -0.25) is 14.3 Å². The molecule has 0 aromatic carbocycles. The highest BCUT2D eigenvalue weighted by Gasteiger charge is 2.12. The minimum absolute atomic E-state index is 0.191. The zero-order valence-corrected chi connectivity index (χ0v) is 13.4. The summed E-state index contributed by atoms with van der Waals surface area (Å²) in [5, 5.41) is 0. The van der Waals surface area contributed by atoms with Gasteiger partial charge in [0.2, 0.25) is 0 Å². The first-order valence-electron chi connectivity index (χ1n) is 5.36. The van der Waals surface area contributed by atoms with Crippen LogP contribution in [0, 0.1) is 3.57 Å². The summed E-state index contributed by atoms with van der Waals surface area (Å²) < 4.78 is 7.29. The number of aromatic nitrogens is 2. The van der Waals surface area contributed by atoms with Crippen molar-refractivity contribution >= 4 is 30.7 Å². The van der Waals surface area contributed by atoms with Crippen LogP contribution < -0.4 is 11.2 Å². The molecule has 0 saturated heterocycles.